The number of benzene rings is 2. The van der Waals surface area contributed by atoms with Crippen molar-refractivity contribution in [3.8, 4) is 0 Å². The van der Waals surface area contributed by atoms with Crippen LogP contribution in [0.15, 0.2) is 53.4 Å². The van der Waals surface area contributed by atoms with Gasteiger partial charge in [-0.15, -0.1) is 11.8 Å². The molecule has 0 bridgehead atoms. The molecule has 0 saturated heterocycles. The Kier molecular flexibility index (Phi) is 6.16. The lowest BCUT2D eigenvalue weighted by Crippen LogP contribution is -2.14. The maximum absolute atomic E-state index is 3.49. The van der Waals surface area contributed by atoms with E-state index in [4.69, 9.17) is 0 Å². The average Bonchev–Trinajstić information content (AvgIpc) is 2.47. The van der Waals surface area contributed by atoms with Gasteiger partial charge < -0.3 is 5.32 Å². The first-order chi connectivity index (χ1) is 9.79. The first-order valence-corrected chi connectivity index (χ1v) is 8.25. The lowest BCUT2D eigenvalue weighted by molar-refractivity contribution is 0.669. The Labute approximate surface area is 126 Å². The molecule has 0 aliphatic heterocycles. The zero-order chi connectivity index (χ0) is 14.2. The first kappa shape index (κ1) is 15.1. The summed E-state index contributed by atoms with van der Waals surface area (Å²) in [6.45, 7) is 6.39. The second-order valence-corrected chi connectivity index (χ2v) is 6.08. The highest BCUT2D eigenvalue weighted by atomic mass is 32.2. The van der Waals surface area contributed by atoms with E-state index in [1.54, 1.807) is 0 Å². The summed E-state index contributed by atoms with van der Waals surface area (Å²) in [6.07, 6.45) is 1.18. The van der Waals surface area contributed by atoms with E-state index in [0.717, 1.165) is 18.8 Å². The molecule has 0 unspecified atom stereocenters. The van der Waals surface area contributed by atoms with Crippen LogP contribution in [0.5, 0.6) is 0 Å². The van der Waals surface area contributed by atoms with Crippen molar-refractivity contribution in [1.29, 1.82) is 0 Å². The fourth-order valence-electron chi connectivity index (χ4n) is 2.15. The second-order valence-electron chi connectivity index (χ2n) is 5.06. The largest absolute Gasteiger partial charge is 0.313 e. The topological polar surface area (TPSA) is 12.0 Å². The zero-order valence-electron chi connectivity index (χ0n) is 12.4. The van der Waals surface area contributed by atoms with Crippen LogP contribution in [0.3, 0.4) is 0 Å². The Morgan fingerprint density at radius 2 is 1.90 bits per heavy atom. The summed E-state index contributed by atoms with van der Waals surface area (Å²) in [5.41, 5.74) is 4.13. The van der Waals surface area contributed by atoms with E-state index in [9.17, 15) is 0 Å². The summed E-state index contributed by atoms with van der Waals surface area (Å²) >= 11 is 1.93. The Morgan fingerprint density at radius 3 is 2.70 bits per heavy atom. The van der Waals surface area contributed by atoms with E-state index in [2.05, 4.69) is 67.7 Å². The lowest BCUT2D eigenvalue weighted by Gasteiger charge is -2.10. The van der Waals surface area contributed by atoms with Crippen molar-refractivity contribution in [2.45, 2.75) is 37.5 Å². The minimum Gasteiger partial charge on any atom is -0.313 e. The van der Waals surface area contributed by atoms with E-state index in [-0.39, 0.29) is 0 Å². The molecular formula is C18H23NS. The highest BCUT2D eigenvalue weighted by Gasteiger charge is 2.03. The molecule has 0 aliphatic carbocycles. The van der Waals surface area contributed by atoms with Gasteiger partial charge in [-0.3, -0.25) is 0 Å². The van der Waals surface area contributed by atoms with Crippen molar-refractivity contribution in [1.82, 2.24) is 5.32 Å². The highest BCUT2D eigenvalue weighted by molar-refractivity contribution is 7.98. The van der Waals surface area contributed by atoms with Gasteiger partial charge in [0.25, 0.3) is 0 Å². The molecule has 0 atom stereocenters. The molecular weight excluding hydrogens is 262 g/mol. The quantitative estimate of drug-likeness (QED) is 0.580. The van der Waals surface area contributed by atoms with Gasteiger partial charge in [0.05, 0.1) is 0 Å². The molecule has 0 saturated carbocycles. The molecule has 0 aromatic heterocycles. The van der Waals surface area contributed by atoms with Crippen LogP contribution in [0.2, 0.25) is 0 Å². The molecule has 0 fully saturated rings. The van der Waals surface area contributed by atoms with E-state index < -0.39 is 0 Å². The van der Waals surface area contributed by atoms with Gasteiger partial charge in [0.2, 0.25) is 0 Å². The van der Waals surface area contributed by atoms with Crippen LogP contribution < -0.4 is 5.32 Å². The van der Waals surface area contributed by atoms with Gasteiger partial charge in [-0.1, -0.05) is 55.0 Å². The van der Waals surface area contributed by atoms with Gasteiger partial charge in [0, 0.05) is 17.2 Å². The fraction of sp³-hybridized carbons (Fsp3) is 0.333. The molecule has 0 heterocycles. The molecule has 0 spiro atoms. The third-order valence-electron chi connectivity index (χ3n) is 3.19. The van der Waals surface area contributed by atoms with Crippen LogP contribution in [0.1, 0.15) is 30.0 Å². The predicted octanol–water partition coefficient (Wildman–Crippen LogP) is 4.79. The maximum Gasteiger partial charge on any atom is 0.0232 e. The van der Waals surface area contributed by atoms with E-state index >= 15 is 0 Å². The molecule has 0 aliphatic rings. The Morgan fingerprint density at radius 1 is 1.05 bits per heavy atom. The zero-order valence-corrected chi connectivity index (χ0v) is 13.2. The molecule has 0 amide bonds. The monoisotopic (exact) mass is 285 g/mol. The Balaban J connectivity index is 1.98. The molecule has 20 heavy (non-hydrogen) atoms. The fourth-order valence-corrected chi connectivity index (χ4v) is 3.16. The number of hydrogen-bond acceptors (Lipinski definition) is 2. The maximum atomic E-state index is 3.49. The third kappa shape index (κ3) is 4.69. The van der Waals surface area contributed by atoms with Crippen LogP contribution in [0.25, 0.3) is 0 Å². The van der Waals surface area contributed by atoms with Crippen molar-refractivity contribution in [2.24, 2.45) is 0 Å². The molecule has 2 aromatic rings. The normalized spacial score (nSPS) is 10.7. The van der Waals surface area contributed by atoms with E-state index in [1.165, 1.54) is 28.0 Å². The minimum atomic E-state index is 0.963. The smallest absolute Gasteiger partial charge is 0.0232 e. The number of hydrogen-bond donors (Lipinski definition) is 1. The van der Waals surface area contributed by atoms with Crippen LogP contribution in [-0.4, -0.2) is 6.54 Å². The first-order valence-electron chi connectivity index (χ1n) is 7.26. The van der Waals surface area contributed by atoms with Crippen molar-refractivity contribution in [3.63, 3.8) is 0 Å². The molecule has 2 aromatic carbocycles. The van der Waals surface area contributed by atoms with Crippen molar-refractivity contribution >= 4 is 11.8 Å². The van der Waals surface area contributed by atoms with Crippen molar-refractivity contribution in [2.75, 3.05) is 6.54 Å². The number of aryl methyl sites for hydroxylation is 1. The summed E-state index contributed by atoms with van der Waals surface area (Å²) in [6, 6.07) is 17.5. The van der Waals surface area contributed by atoms with E-state index in [1.807, 2.05) is 11.8 Å². The number of nitrogens with one attached hydrogen (secondary N) is 1. The van der Waals surface area contributed by atoms with Gasteiger partial charge in [0.1, 0.15) is 0 Å². The summed E-state index contributed by atoms with van der Waals surface area (Å²) in [7, 11) is 0. The molecule has 1 N–H and O–H groups in total. The summed E-state index contributed by atoms with van der Waals surface area (Å²) in [4.78, 5) is 1.39. The molecule has 106 valence electrons. The molecule has 1 nitrogen and oxygen atoms in total. The standard InChI is InChI=1S/C18H23NS/c1-3-11-19-13-17-9-4-5-10-18(17)20-14-16-8-6-7-15(2)12-16/h4-10,12,19H,3,11,13-14H2,1-2H3. The van der Waals surface area contributed by atoms with Crippen LogP contribution in [0, 0.1) is 6.92 Å². The van der Waals surface area contributed by atoms with Crippen molar-refractivity contribution in [3.05, 3.63) is 65.2 Å². The highest BCUT2D eigenvalue weighted by Crippen LogP contribution is 2.26. The Bertz CT molecular complexity index is 536. The number of thioether (sulfide) groups is 1. The van der Waals surface area contributed by atoms with Gasteiger partial charge in [0.15, 0.2) is 0 Å². The summed E-state index contributed by atoms with van der Waals surface area (Å²) < 4.78 is 0. The lowest BCUT2D eigenvalue weighted by atomic mass is 10.2. The average molecular weight is 285 g/mol. The third-order valence-corrected chi connectivity index (χ3v) is 4.38. The van der Waals surface area contributed by atoms with Crippen LogP contribution >= 0.6 is 11.8 Å². The van der Waals surface area contributed by atoms with Gasteiger partial charge in [-0.25, -0.2) is 0 Å². The SMILES string of the molecule is CCCNCc1ccccc1SCc1cccc(C)c1. The molecule has 2 heteroatoms. The molecule has 0 radical (unpaired) electrons. The van der Waals surface area contributed by atoms with Crippen LogP contribution in [-0.2, 0) is 12.3 Å². The van der Waals surface area contributed by atoms with Crippen LogP contribution in [0.4, 0.5) is 0 Å². The van der Waals surface area contributed by atoms with Crippen molar-refractivity contribution < 1.29 is 0 Å². The molecule has 2 rings (SSSR count). The minimum absolute atomic E-state index is 0.963. The van der Waals surface area contributed by atoms with E-state index in [0.29, 0.717) is 0 Å². The van der Waals surface area contributed by atoms with Gasteiger partial charge >= 0.3 is 0 Å². The number of rotatable bonds is 7. The second kappa shape index (κ2) is 8.13. The van der Waals surface area contributed by atoms with Gasteiger partial charge in [-0.2, -0.15) is 0 Å². The Hall–Kier alpha value is -1.25. The summed E-state index contributed by atoms with van der Waals surface area (Å²) in [5.74, 6) is 1.03. The van der Waals surface area contributed by atoms with Gasteiger partial charge in [-0.05, 0) is 37.1 Å². The predicted molar refractivity (Wildman–Crippen MR) is 89.2 cm³/mol. The summed E-state index contributed by atoms with van der Waals surface area (Å²) in [5, 5.41) is 3.49.